The van der Waals surface area contributed by atoms with Gasteiger partial charge in [-0.15, -0.1) is 0 Å². The van der Waals surface area contributed by atoms with Crippen LogP contribution in [-0.4, -0.2) is 215 Å². The van der Waals surface area contributed by atoms with Crippen molar-refractivity contribution in [2.24, 2.45) is 17.8 Å². The minimum atomic E-state index is -4.75. The number of hydrogen-bond donors (Lipinski definition) is 4. The van der Waals surface area contributed by atoms with Crippen LogP contribution < -0.4 is 21.3 Å². The number of likely N-dealkylation sites (N-methyl/N-ethyl adjacent to an activating group) is 6. The first-order valence-electron chi connectivity index (χ1n) is 30.6. The van der Waals surface area contributed by atoms with Crippen molar-refractivity contribution in [1.29, 1.82) is 0 Å². The van der Waals surface area contributed by atoms with Gasteiger partial charge in [0.1, 0.15) is 47.8 Å². The van der Waals surface area contributed by atoms with Gasteiger partial charge in [-0.3, -0.25) is 52.7 Å². The second-order valence-electron chi connectivity index (χ2n) is 25.2. The number of rotatable bonds is 8. The molecule has 2 aliphatic heterocycles. The molecule has 26 heteroatoms. The molecule has 0 unspecified atom stereocenters. The Hall–Kier alpha value is -6.53. The average molecular weight is 1250 g/mol. The summed E-state index contributed by atoms with van der Waals surface area (Å²) in [7, 11) is 8.43. The van der Waals surface area contributed by atoms with E-state index in [1.807, 2.05) is 20.8 Å². The summed E-state index contributed by atoms with van der Waals surface area (Å²) in [5.41, 5.74) is -2.24. The van der Waals surface area contributed by atoms with Crippen molar-refractivity contribution < 1.29 is 65.9 Å². The van der Waals surface area contributed by atoms with E-state index in [4.69, 9.17) is 11.6 Å². The number of carbonyl (C=O) groups is 11. The zero-order valence-electron chi connectivity index (χ0n) is 52.9. The average Bonchev–Trinajstić information content (AvgIpc) is 2.11. The molecule has 1 aromatic carbocycles. The molecule has 4 aliphatic rings. The largest absolute Gasteiger partial charge is 0.417 e. The van der Waals surface area contributed by atoms with E-state index < -0.39 is 155 Å². The molecule has 2 heterocycles. The monoisotopic (exact) mass is 1250 g/mol. The van der Waals surface area contributed by atoms with Gasteiger partial charge in [-0.05, 0) is 114 Å². The molecule has 0 aromatic heterocycles. The summed E-state index contributed by atoms with van der Waals surface area (Å²) >= 11 is 6.10. The maximum absolute atomic E-state index is 15.1. The van der Waals surface area contributed by atoms with E-state index in [0.29, 0.717) is 44.1 Å². The van der Waals surface area contributed by atoms with Crippen LogP contribution in [0.1, 0.15) is 149 Å². The molecule has 4 fully saturated rings. The number of nitrogens with one attached hydrogen (secondary N) is 4. The van der Waals surface area contributed by atoms with Crippen molar-refractivity contribution >= 4 is 76.6 Å². The highest BCUT2D eigenvalue weighted by molar-refractivity contribution is 6.31. The third-order valence-corrected chi connectivity index (χ3v) is 18.6. The number of fused-ring (bicyclic) bond motifs is 1. The predicted octanol–water partition coefficient (Wildman–Crippen LogP) is 4.14. The number of carbonyl (C=O) groups excluding carboxylic acids is 11. The Kier molecular flexibility index (Phi) is 25.0. The van der Waals surface area contributed by atoms with Crippen molar-refractivity contribution in [3.05, 3.63) is 34.3 Å². The topological polar surface area (TPSA) is 259 Å². The van der Waals surface area contributed by atoms with Gasteiger partial charge in [0.2, 0.25) is 65.0 Å². The number of halogens is 4. The normalized spacial score (nSPS) is 27.5. The van der Waals surface area contributed by atoms with Crippen LogP contribution in [0.15, 0.2) is 18.2 Å². The summed E-state index contributed by atoms with van der Waals surface area (Å²) in [4.78, 5) is 167. The maximum atomic E-state index is 15.1. The minimum Gasteiger partial charge on any atom is -0.351 e. The van der Waals surface area contributed by atoms with Crippen LogP contribution in [0, 0.1) is 17.8 Å². The standard InChI is InChI=1S/C61H93ClF3N11O11/c1-14-36(4)50-58(86)71(9)33-48(78)70(8)34-49(79)74(12)46(30-35(2)3)57(85)73(11)39(7)52(80)67-44(26-24-40-23-25-42(43(62)32-40)61(63,64)65)56(84)76-29-19-22-45(76)54(82)69-60(27-17-18-28-60)59(87)75(13)51(41-20-15-16-21-41)55(83)66-37(5)31-47(77)72(10)38(6)53(81)68-50/h23,25,32,35-39,41,44-46,50-51H,14-22,24,26-31,33-34H2,1-13H3,(H,66,83)(H,67,80)(H,68,81)(H,69,82)/t36-,37+,38-,39+,44-,45-,46-,50-,51-/m0/s1. The molecule has 0 radical (unpaired) electrons. The minimum absolute atomic E-state index is 0.0578. The molecular weight excluding hydrogens is 1160 g/mol. The third-order valence-electron chi connectivity index (χ3n) is 18.3. The molecular formula is C61H93ClF3N11O11. The zero-order chi connectivity index (χ0) is 65.2. The van der Waals surface area contributed by atoms with Crippen molar-refractivity contribution in [3.8, 4) is 0 Å². The smallest absolute Gasteiger partial charge is 0.351 e. The second-order valence-corrected chi connectivity index (χ2v) is 25.6. The Bertz CT molecular complexity index is 2710. The van der Waals surface area contributed by atoms with Gasteiger partial charge in [0, 0.05) is 61.3 Å². The summed E-state index contributed by atoms with van der Waals surface area (Å²) in [5.74, 6) is -7.77. The molecule has 1 aromatic rings. The molecule has 87 heavy (non-hydrogen) atoms. The summed E-state index contributed by atoms with van der Waals surface area (Å²) in [6, 6.07) is -5.89. The van der Waals surface area contributed by atoms with Gasteiger partial charge in [0.25, 0.3) is 0 Å². The Labute approximate surface area is 515 Å². The highest BCUT2D eigenvalue weighted by atomic mass is 35.5. The van der Waals surface area contributed by atoms with Crippen LogP contribution >= 0.6 is 11.6 Å². The van der Waals surface area contributed by atoms with Crippen LogP contribution in [0.25, 0.3) is 0 Å². The number of benzene rings is 1. The Morgan fingerprint density at radius 2 is 1.25 bits per heavy atom. The van der Waals surface area contributed by atoms with E-state index in [1.54, 1.807) is 13.8 Å². The summed E-state index contributed by atoms with van der Waals surface area (Å²) in [5, 5.41) is 10.9. The van der Waals surface area contributed by atoms with Gasteiger partial charge in [-0.25, -0.2) is 0 Å². The van der Waals surface area contributed by atoms with Crippen LogP contribution in [0.5, 0.6) is 0 Å². The van der Waals surface area contributed by atoms with Crippen LogP contribution in [-0.2, 0) is 65.3 Å². The summed E-state index contributed by atoms with van der Waals surface area (Å²) in [6.45, 7) is 10.8. The lowest BCUT2D eigenvalue weighted by molar-refractivity contribution is -0.150. The van der Waals surface area contributed by atoms with E-state index in [-0.39, 0.29) is 63.3 Å². The fraction of sp³-hybridized carbons (Fsp3) is 0.721. The lowest BCUT2D eigenvalue weighted by Gasteiger charge is -2.40. The Balaban J connectivity index is 1.54. The van der Waals surface area contributed by atoms with Crippen LogP contribution in [0.2, 0.25) is 5.02 Å². The van der Waals surface area contributed by atoms with Gasteiger partial charge >= 0.3 is 6.18 Å². The first kappa shape index (κ1) is 71.2. The van der Waals surface area contributed by atoms with Crippen molar-refractivity contribution in [2.45, 2.75) is 205 Å². The van der Waals surface area contributed by atoms with Crippen molar-refractivity contribution in [3.63, 3.8) is 0 Å². The molecule has 9 atom stereocenters. The molecule has 2 aliphatic carbocycles. The summed E-state index contributed by atoms with van der Waals surface area (Å²) < 4.78 is 41.2. The summed E-state index contributed by atoms with van der Waals surface area (Å²) in [6.07, 6.45) is 0.280. The molecule has 22 nitrogen and oxygen atoms in total. The predicted molar refractivity (Wildman–Crippen MR) is 319 cm³/mol. The van der Waals surface area contributed by atoms with Gasteiger partial charge in [0.15, 0.2) is 0 Å². The van der Waals surface area contributed by atoms with Crippen LogP contribution in [0.4, 0.5) is 13.2 Å². The maximum Gasteiger partial charge on any atom is 0.417 e. The van der Waals surface area contributed by atoms with Crippen molar-refractivity contribution in [2.75, 3.05) is 61.9 Å². The molecule has 2 saturated carbocycles. The van der Waals surface area contributed by atoms with Gasteiger partial charge < -0.3 is 55.6 Å². The SMILES string of the molecule is CC[C@H](C)[C@@H]1NC(=O)[C@H](C)N(C)C(=O)C[C@@H](C)NC(=O)[C@H](C2CCCC2)N(C)C(=O)C2(CCCC2)NC(=O)[C@@H]2CCCN2C(=O)[C@H](CCc2ccc(C(F)(F)F)c(Cl)c2)NC(=O)[C@@H](C)N(C)C(=O)[C@H](CC(C)C)N(C)C(=O)CN(C)C(=O)CN(C)C1=O. The van der Waals surface area contributed by atoms with E-state index in [2.05, 4.69) is 21.3 Å². The van der Waals surface area contributed by atoms with E-state index >= 15 is 9.59 Å². The quantitative estimate of drug-likeness (QED) is 0.288. The second kappa shape index (κ2) is 30.6. The van der Waals surface area contributed by atoms with Gasteiger partial charge in [-0.1, -0.05) is 77.5 Å². The van der Waals surface area contributed by atoms with E-state index in [0.717, 1.165) is 39.7 Å². The number of nitrogens with zero attached hydrogens (tertiary/aromatic N) is 7. The van der Waals surface area contributed by atoms with Gasteiger partial charge in [0.05, 0.1) is 23.7 Å². The Morgan fingerprint density at radius 1 is 0.655 bits per heavy atom. The molecule has 486 valence electrons. The number of aryl methyl sites for hydroxylation is 1. The van der Waals surface area contributed by atoms with Gasteiger partial charge in [-0.2, -0.15) is 13.2 Å². The highest BCUT2D eigenvalue weighted by Crippen LogP contribution is 2.38. The molecule has 2 saturated heterocycles. The zero-order valence-corrected chi connectivity index (χ0v) is 53.7. The molecule has 4 N–H and O–H groups in total. The first-order chi connectivity index (χ1) is 40.6. The Morgan fingerprint density at radius 3 is 1.84 bits per heavy atom. The fourth-order valence-corrected chi connectivity index (χ4v) is 12.6. The number of hydrogen-bond acceptors (Lipinski definition) is 11. The van der Waals surface area contributed by atoms with E-state index in [9.17, 15) is 56.3 Å². The molecule has 5 rings (SSSR count). The molecule has 11 amide bonds. The van der Waals surface area contributed by atoms with Crippen molar-refractivity contribution in [1.82, 2.24) is 55.6 Å². The number of alkyl halides is 3. The fourth-order valence-electron chi connectivity index (χ4n) is 12.3. The van der Waals surface area contributed by atoms with E-state index in [1.165, 1.54) is 81.8 Å². The third kappa shape index (κ3) is 17.6. The number of amides is 11. The highest BCUT2D eigenvalue weighted by Gasteiger charge is 2.50. The first-order valence-corrected chi connectivity index (χ1v) is 31.0. The lowest BCUT2D eigenvalue weighted by atomic mass is 9.90. The molecule has 0 bridgehead atoms. The lowest BCUT2D eigenvalue weighted by Crippen LogP contribution is -2.64. The molecule has 1 spiro atoms. The van der Waals surface area contributed by atoms with Crippen LogP contribution in [0.3, 0.4) is 0 Å².